The van der Waals surface area contributed by atoms with E-state index in [4.69, 9.17) is 9.47 Å². The second kappa shape index (κ2) is 6.82. The second-order valence-corrected chi connectivity index (χ2v) is 7.37. The van der Waals surface area contributed by atoms with Gasteiger partial charge in [-0.05, 0) is 30.7 Å². The number of benzene rings is 3. The van der Waals surface area contributed by atoms with Crippen molar-refractivity contribution in [1.82, 2.24) is 4.98 Å². The Morgan fingerprint density at radius 1 is 0.966 bits per heavy atom. The van der Waals surface area contributed by atoms with Crippen LogP contribution in [0.5, 0.6) is 11.5 Å². The molecule has 144 valence electrons. The van der Waals surface area contributed by atoms with E-state index in [1.54, 1.807) is 7.11 Å². The zero-order chi connectivity index (χ0) is 20.0. The molecule has 0 saturated heterocycles. The SMILES string of the molecule is COc1ccccc1[C@H](c1c(C)[nH]c2ccccc12)[C@H]1C(=O)Oc2ccccc21. The van der Waals surface area contributed by atoms with Gasteiger partial charge in [0.2, 0.25) is 0 Å². The predicted molar refractivity (Wildman–Crippen MR) is 113 cm³/mol. The lowest BCUT2D eigenvalue weighted by atomic mass is 9.76. The maximum Gasteiger partial charge on any atom is 0.319 e. The van der Waals surface area contributed by atoms with Crippen molar-refractivity contribution < 1.29 is 14.3 Å². The van der Waals surface area contributed by atoms with Crippen LogP contribution in [-0.2, 0) is 4.79 Å². The van der Waals surface area contributed by atoms with Crippen molar-refractivity contribution in [3.63, 3.8) is 0 Å². The van der Waals surface area contributed by atoms with Crippen LogP contribution in [0.4, 0.5) is 0 Å². The molecule has 29 heavy (non-hydrogen) atoms. The van der Waals surface area contributed by atoms with Crippen molar-refractivity contribution in [2.75, 3.05) is 7.11 Å². The maximum atomic E-state index is 13.1. The van der Waals surface area contributed by atoms with E-state index in [1.165, 1.54) is 0 Å². The van der Waals surface area contributed by atoms with E-state index >= 15 is 0 Å². The van der Waals surface area contributed by atoms with Crippen LogP contribution in [0.1, 0.15) is 34.2 Å². The summed E-state index contributed by atoms with van der Waals surface area (Å²) in [5.74, 6) is 0.491. The van der Waals surface area contributed by atoms with Crippen molar-refractivity contribution in [3.05, 3.63) is 95.2 Å². The molecule has 1 aliphatic rings. The molecular weight excluding hydrogens is 362 g/mol. The molecular formula is C25H21NO3. The lowest BCUT2D eigenvalue weighted by Crippen LogP contribution is -2.20. The number of ether oxygens (including phenoxy) is 2. The first-order chi connectivity index (χ1) is 14.2. The summed E-state index contributed by atoms with van der Waals surface area (Å²) < 4.78 is 11.4. The van der Waals surface area contributed by atoms with Gasteiger partial charge in [-0.1, -0.05) is 54.6 Å². The molecule has 2 atom stereocenters. The Morgan fingerprint density at radius 3 is 2.55 bits per heavy atom. The molecule has 5 rings (SSSR count). The summed E-state index contributed by atoms with van der Waals surface area (Å²) in [5, 5.41) is 1.11. The number of aromatic amines is 1. The predicted octanol–water partition coefficient (Wildman–Crippen LogP) is 5.32. The Hall–Kier alpha value is -3.53. The topological polar surface area (TPSA) is 51.3 Å². The standard InChI is InChI=1S/C25H21NO3/c1-15-22(16-9-3-6-12-19(16)26-15)23(17-10-4-7-13-20(17)28-2)24-18-11-5-8-14-21(18)29-25(24)27/h3-14,23-24,26H,1-2H3/t23-,24+/m1/s1. The summed E-state index contributed by atoms with van der Waals surface area (Å²) in [7, 11) is 1.67. The highest BCUT2D eigenvalue weighted by Gasteiger charge is 2.42. The summed E-state index contributed by atoms with van der Waals surface area (Å²) in [4.78, 5) is 16.6. The summed E-state index contributed by atoms with van der Waals surface area (Å²) in [6.07, 6.45) is 0. The van der Waals surface area contributed by atoms with Crippen molar-refractivity contribution in [1.29, 1.82) is 0 Å². The fourth-order valence-electron chi connectivity index (χ4n) is 4.57. The molecule has 0 amide bonds. The first-order valence-electron chi connectivity index (χ1n) is 9.69. The van der Waals surface area contributed by atoms with Gasteiger partial charge < -0.3 is 14.5 Å². The molecule has 0 aliphatic carbocycles. The van der Waals surface area contributed by atoms with E-state index < -0.39 is 5.92 Å². The molecule has 0 radical (unpaired) electrons. The first-order valence-corrected chi connectivity index (χ1v) is 9.69. The minimum Gasteiger partial charge on any atom is -0.496 e. The fraction of sp³-hybridized carbons (Fsp3) is 0.160. The number of nitrogens with one attached hydrogen (secondary N) is 1. The molecule has 1 N–H and O–H groups in total. The number of carbonyl (C=O) groups excluding carboxylic acids is 1. The van der Waals surface area contributed by atoms with Gasteiger partial charge in [-0.15, -0.1) is 0 Å². The van der Waals surface area contributed by atoms with Crippen LogP contribution in [0.15, 0.2) is 72.8 Å². The van der Waals surface area contributed by atoms with E-state index in [0.717, 1.165) is 39.0 Å². The molecule has 4 aromatic rings. The number of hydrogen-bond donors (Lipinski definition) is 1. The molecule has 2 heterocycles. The van der Waals surface area contributed by atoms with Gasteiger partial charge in [0.15, 0.2) is 0 Å². The van der Waals surface area contributed by atoms with E-state index in [0.29, 0.717) is 5.75 Å². The molecule has 1 aromatic heterocycles. The zero-order valence-electron chi connectivity index (χ0n) is 16.3. The summed E-state index contributed by atoms with van der Waals surface area (Å²) in [6, 6.07) is 23.8. The number of methoxy groups -OCH3 is 1. The minimum atomic E-state index is -0.444. The van der Waals surface area contributed by atoms with Crippen LogP contribution < -0.4 is 9.47 Å². The van der Waals surface area contributed by atoms with E-state index in [1.807, 2.05) is 60.7 Å². The lowest BCUT2D eigenvalue weighted by Gasteiger charge is -2.25. The van der Waals surface area contributed by atoms with Gasteiger partial charge in [-0.3, -0.25) is 4.79 Å². The number of esters is 1. The van der Waals surface area contributed by atoms with Crippen LogP contribution in [0.3, 0.4) is 0 Å². The van der Waals surface area contributed by atoms with Crippen molar-refractivity contribution in [3.8, 4) is 11.5 Å². The number of aryl methyl sites for hydroxylation is 1. The van der Waals surface area contributed by atoms with Crippen LogP contribution in [-0.4, -0.2) is 18.1 Å². The highest BCUT2D eigenvalue weighted by Crippen LogP contribution is 2.50. The monoisotopic (exact) mass is 383 g/mol. The lowest BCUT2D eigenvalue weighted by molar-refractivity contribution is -0.134. The molecule has 0 unspecified atom stereocenters. The molecule has 0 fully saturated rings. The Balaban J connectivity index is 1.82. The molecule has 1 aliphatic heterocycles. The Bertz CT molecular complexity index is 1220. The van der Waals surface area contributed by atoms with Crippen LogP contribution >= 0.6 is 0 Å². The normalized spacial score (nSPS) is 16.5. The van der Waals surface area contributed by atoms with Gasteiger partial charge in [0.1, 0.15) is 11.5 Å². The second-order valence-electron chi connectivity index (χ2n) is 7.37. The smallest absolute Gasteiger partial charge is 0.319 e. The molecule has 4 heteroatoms. The number of aromatic nitrogens is 1. The third-order valence-corrected chi connectivity index (χ3v) is 5.78. The molecule has 0 saturated carbocycles. The Morgan fingerprint density at radius 2 is 1.69 bits per heavy atom. The average Bonchev–Trinajstić information content (AvgIpc) is 3.25. The van der Waals surface area contributed by atoms with Crippen LogP contribution in [0.2, 0.25) is 0 Å². The minimum absolute atomic E-state index is 0.230. The number of H-pyrrole nitrogens is 1. The van der Waals surface area contributed by atoms with Crippen LogP contribution in [0, 0.1) is 6.92 Å². The number of rotatable bonds is 4. The molecule has 0 spiro atoms. The van der Waals surface area contributed by atoms with E-state index in [2.05, 4.69) is 24.0 Å². The molecule has 4 nitrogen and oxygen atoms in total. The van der Waals surface area contributed by atoms with Crippen molar-refractivity contribution in [2.24, 2.45) is 0 Å². The first kappa shape index (κ1) is 17.6. The third kappa shape index (κ3) is 2.71. The summed E-state index contributed by atoms with van der Waals surface area (Å²) >= 11 is 0. The fourth-order valence-corrected chi connectivity index (χ4v) is 4.57. The Labute approximate surface area is 169 Å². The maximum absolute atomic E-state index is 13.1. The summed E-state index contributed by atoms with van der Waals surface area (Å²) in [6.45, 7) is 2.06. The van der Waals surface area contributed by atoms with E-state index in [-0.39, 0.29) is 11.9 Å². The average molecular weight is 383 g/mol. The van der Waals surface area contributed by atoms with Gasteiger partial charge >= 0.3 is 5.97 Å². The summed E-state index contributed by atoms with van der Waals surface area (Å²) in [5.41, 5.74) is 5.09. The highest BCUT2D eigenvalue weighted by atomic mass is 16.5. The quantitative estimate of drug-likeness (QED) is 0.383. The zero-order valence-corrected chi connectivity index (χ0v) is 16.3. The molecule has 3 aromatic carbocycles. The van der Waals surface area contributed by atoms with Crippen LogP contribution in [0.25, 0.3) is 10.9 Å². The largest absolute Gasteiger partial charge is 0.496 e. The van der Waals surface area contributed by atoms with Gasteiger partial charge in [0.05, 0.1) is 13.0 Å². The van der Waals surface area contributed by atoms with Crippen molar-refractivity contribution >= 4 is 16.9 Å². The molecule has 0 bridgehead atoms. The number of fused-ring (bicyclic) bond motifs is 2. The van der Waals surface area contributed by atoms with Gasteiger partial charge in [0, 0.05) is 33.6 Å². The Kier molecular flexibility index (Phi) is 4.13. The van der Waals surface area contributed by atoms with Gasteiger partial charge in [-0.2, -0.15) is 0 Å². The van der Waals surface area contributed by atoms with Gasteiger partial charge in [0.25, 0.3) is 0 Å². The van der Waals surface area contributed by atoms with Gasteiger partial charge in [-0.25, -0.2) is 0 Å². The number of para-hydroxylation sites is 3. The van der Waals surface area contributed by atoms with Crippen molar-refractivity contribution in [2.45, 2.75) is 18.8 Å². The highest BCUT2D eigenvalue weighted by molar-refractivity contribution is 5.92. The van der Waals surface area contributed by atoms with E-state index in [9.17, 15) is 4.79 Å². The number of hydrogen-bond acceptors (Lipinski definition) is 3. The number of carbonyl (C=O) groups is 1. The third-order valence-electron chi connectivity index (χ3n) is 5.78.